The molecule has 0 aliphatic rings. The van der Waals surface area contributed by atoms with Crippen molar-refractivity contribution in [1.29, 1.82) is 0 Å². The number of hydrogen-bond donors (Lipinski definition) is 2. The molecule has 1 aromatic carbocycles. The van der Waals surface area contributed by atoms with E-state index in [-0.39, 0.29) is 12.1 Å². The van der Waals surface area contributed by atoms with Gasteiger partial charge in [0.25, 0.3) is 6.20 Å². The summed E-state index contributed by atoms with van der Waals surface area (Å²) in [6, 6.07) is 9.96. The van der Waals surface area contributed by atoms with Crippen LogP contribution < -0.4 is 15.3 Å². The summed E-state index contributed by atoms with van der Waals surface area (Å²) in [5.74, 6) is 0.319. The lowest BCUT2D eigenvalue weighted by molar-refractivity contribution is -0.782. The Balaban J connectivity index is 2.00. The molecule has 2 amide bonds. The third-order valence-electron chi connectivity index (χ3n) is 2.77. The molecule has 0 aliphatic carbocycles. The quantitative estimate of drug-likeness (QED) is 0.820. The van der Waals surface area contributed by atoms with Crippen LogP contribution in [0.15, 0.2) is 41.1 Å². The van der Waals surface area contributed by atoms with E-state index in [0.29, 0.717) is 5.88 Å². The Bertz CT molecular complexity index is 539. The highest BCUT2D eigenvalue weighted by Gasteiger charge is 2.20. The Labute approximate surface area is 111 Å². The maximum absolute atomic E-state index is 11.1. The zero-order valence-corrected chi connectivity index (χ0v) is 11.0. The molecule has 2 N–H and O–H groups in total. The predicted molar refractivity (Wildman–Crippen MR) is 69.6 cm³/mol. The maximum Gasteiger partial charge on any atom is 0.321 e. The number of rotatable bonds is 4. The number of benzene rings is 1. The minimum absolute atomic E-state index is 0.145. The fraction of sp³-hybridized carbons (Fsp3) is 0.308. The Morgan fingerprint density at radius 2 is 2.16 bits per heavy atom. The van der Waals surface area contributed by atoms with Crippen molar-refractivity contribution in [3.05, 3.63) is 42.1 Å². The Hall–Kier alpha value is -2.37. The van der Waals surface area contributed by atoms with E-state index in [1.165, 1.54) is 12.6 Å². The molecule has 0 radical (unpaired) electrons. The van der Waals surface area contributed by atoms with Crippen LogP contribution in [0.4, 0.5) is 10.7 Å². The molecule has 100 valence electrons. The molecule has 1 unspecified atom stereocenters. The van der Waals surface area contributed by atoms with Crippen LogP contribution in [-0.4, -0.2) is 18.4 Å². The highest BCUT2D eigenvalue weighted by atomic mass is 16.5. The van der Waals surface area contributed by atoms with E-state index in [1.54, 1.807) is 10.9 Å². The fourth-order valence-electron chi connectivity index (χ4n) is 1.74. The van der Waals surface area contributed by atoms with E-state index >= 15 is 0 Å². The first kappa shape index (κ1) is 13.1. The lowest BCUT2D eigenvalue weighted by atomic mass is 10.1. The van der Waals surface area contributed by atoms with Crippen LogP contribution in [0.5, 0.6) is 0 Å². The van der Waals surface area contributed by atoms with E-state index in [2.05, 4.69) is 28.0 Å². The van der Waals surface area contributed by atoms with Crippen molar-refractivity contribution < 1.29 is 14.0 Å². The number of hydrogen-bond acceptors (Lipinski definition) is 3. The van der Waals surface area contributed by atoms with Gasteiger partial charge in [-0.2, -0.15) is 0 Å². The summed E-state index contributed by atoms with van der Waals surface area (Å²) in [5.41, 5.74) is 1.23. The zero-order valence-electron chi connectivity index (χ0n) is 11.0. The summed E-state index contributed by atoms with van der Waals surface area (Å²) in [5, 5.41) is 8.87. The van der Waals surface area contributed by atoms with Crippen LogP contribution >= 0.6 is 0 Å². The van der Waals surface area contributed by atoms with Gasteiger partial charge >= 0.3 is 11.9 Å². The van der Waals surface area contributed by atoms with Gasteiger partial charge in [-0.15, -0.1) is 0 Å². The molecule has 0 fully saturated rings. The molecule has 0 saturated carbocycles. The number of urea groups is 1. The number of amides is 2. The second-order valence-corrected chi connectivity index (χ2v) is 4.29. The van der Waals surface area contributed by atoms with E-state index in [1.807, 2.05) is 25.1 Å². The van der Waals surface area contributed by atoms with Crippen molar-refractivity contribution in [3.63, 3.8) is 0 Å². The van der Waals surface area contributed by atoms with Gasteiger partial charge in [0.15, 0.2) is 6.04 Å². The summed E-state index contributed by atoms with van der Waals surface area (Å²) in [4.78, 5) is 11.1. The SMILES string of the molecule is CNC(=O)Nc1c[n+](C(C)Cc2ccccc2)no1. The van der Waals surface area contributed by atoms with Gasteiger partial charge in [-0.1, -0.05) is 30.3 Å². The van der Waals surface area contributed by atoms with E-state index < -0.39 is 0 Å². The average molecular weight is 261 g/mol. The number of aromatic nitrogens is 2. The van der Waals surface area contributed by atoms with Gasteiger partial charge in [-0.3, -0.25) is 9.84 Å². The number of anilines is 1. The molecule has 6 heteroatoms. The molecule has 19 heavy (non-hydrogen) atoms. The Kier molecular flexibility index (Phi) is 4.12. The minimum Gasteiger partial charge on any atom is -0.341 e. The van der Waals surface area contributed by atoms with Crippen LogP contribution in [0.2, 0.25) is 0 Å². The molecule has 1 atom stereocenters. The molecule has 0 spiro atoms. The van der Waals surface area contributed by atoms with E-state index in [9.17, 15) is 4.79 Å². The van der Waals surface area contributed by atoms with Crippen molar-refractivity contribution in [2.24, 2.45) is 0 Å². The van der Waals surface area contributed by atoms with Crippen LogP contribution in [0.3, 0.4) is 0 Å². The van der Waals surface area contributed by atoms with Crippen LogP contribution in [0, 0.1) is 0 Å². The summed E-state index contributed by atoms with van der Waals surface area (Å²) < 4.78 is 6.73. The lowest BCUT2D eigenvalue weighted by Gasteiger charge is -2.01. The van der Waals surface area contributed by atoms with E-state index in [0.717, 1.165) is 6.42 Å². The second-order valence-electron chi connectivity index (χ2n) is 4.29. The van der Waals surface area contributed by atoms with Crippen molar-refractivity contribution in [2.45, 2.75) is 19.4 Å². The van der Waals surface area contributed by atoms with Crippen LogP contribution in [0.25, 0.3) is 0 Å². The summed E-state index contributed by atoms with van der Waals surface area (Å²) in [6.07, 6.45) is 2.51. The topological polar surface area (TPSA) is 71.0 Å². The van der Waals surface area contributed by atoms with E-state index in [4.69, 9.17) is 4.52 Å². The zero-order chi connectivity index (χ0) is 13.7. The minimum atomic E-state index is -0.334. The number of carbonyl (C=O) groups excluding carboxylic acids is 1. The highest BCUT2D eigenvalue weighted by molar-refractivity contribution is 5.87. The lowest BCUT2D eigenvalue weighted by Crippen LogP contribution is -2.40. The first-order chi connectivity index (χ1) is 9.19. The number of carbonyl (C=O) groups is 1. The van der Waals surface area contributed by atoms with Crippen molar-refractivity contribution in [1.82, 2.24) is 10.6 Å². The first-order valence-corrected chi connectivity index (χ1v) is 6.10. The smallest absolute Gasteiger partial charge is 0.321 e. The summed E-state index contributed by atoms with van der Waals surface area (Å²) in [7, 11) is 1.54. The van der Waals surface area contributed by atoms with Gasteiger partial charge in [-0.25, -0.2) is 4.79 Å². The number of nitrogens with one attached hydrogen (secondary N) is 2. The van der Waals surface area contributed by atoms with Crippen molar-refractivity contribution in [2.75, 3.05) is 12.4 Å². The highest BCUT2D eigenvalue weighted by Crippen LogP contribution is 2.09. The summed E-state index contributed by atoms with van der Waals surface area (Å²) >= 11 is 0. The second kappa shape index (κ2) is 5.99. The van der Waals surface area contributed by atoms with Gasteiger partial charge in [-0.05, 0) is 10.2 Å². The fourth-order valence-corrected chi connectivity index (χ4v) is 1.74. The summed E-state index contributed by atoms with van der Waals surface area (Å²) in [6.45, 7) is 2.04. The van der Waals surface area contributed by atoms with Gasteiger partial charge < -0.3 is 5.32 Å². The number of nitrogens with zero attached hydrogens (tertiary/aromatic N) is 2. The van der Waals surface area contributed by atoms with Gasteiger partial charge in [0.05, 0.1) is 0 Å². The average Bonchev–Trinajstić information content (AvgIpc) is 2.88. The van der Waals surface area contributed by atoms with Crippen molar-refractivity contribution in [3.8, 4) is 0 Å². The Morgan fingerprint density at radius 3 is 2.84 bits per heavy atom. The van der Waals surface area contributed by atoms with Crippen molar-refractivity contribution >= 4 is 11.9 Å². The van der Waals surface area contributed by atoms with Crippen LogP contribution in [-0.2, 0) is 6.42 Å². The molecule has 0 aliphatic heterocycles. The first-order valence-electron chi connectivity index (χ1n) is 6.10. The molecule has 2 rings (SSSR count). The maximum atomic E-state index is 11.1. The molecule has 1 aromatic heterocycles. The molecule has 2 aromatic rings. The monoisotopic (exact) mass is 261 g/mol. The van der Waals surface area contributed by atoms with Gasteiger partial charge in [0.2, 0.25) is 5.27 Å². The molecule has 0 bridgehead atoms. The van der Waals surface area contributed by atoms with Gasteiger partial charge in [0, 0.05) is 20.4 Å². The largest absolute Gasteiger partial charge is 0.341 e. The third-order valence-corrected chi connectivity index (χ3v) is 2.77. The third kappa shape index (κ3) is 3.54. The molecule has 1 heterocycles. The Morgan fingerprint density at radius 1 is 1.42 bits per heavy atom. The molecule has 0 saturated heterocycles. The molecule has 6 nitrogen and oxygen atoms in total. The molecular weight excluding hydrogens is 244 g/mol. The standard InChI is InChI=1S/C13H16N4O2/c1-10(8-11-6-4-3-5-7-11)17-9-12(19-16-17)15-13(18)14-2/h3-7,9-10H,8H2,1-2H3,(H-,14,15,16,18)/p+1. The normalized spacial score (nSPS) is 11.9. The van der Waals surface area contributed by atoms with Crippen LogP contribution in [0.1, 0.15) is 18.5 Å². The van der Waals surface area contributed by atoms with Gasteiger partial charge in [0.1, 0.15) is 0 Å². The molecular formula is C13H17N4O2+. The predicted octanol–water partition coefficient (Wildman–Crippen LogP) is 1.52.